The molecule has 0 saturated carbocycles. The van der Waals surface area contributed by atoms with E-state index in [0.717, 1.165) is 0 Å². The largest absolute Gasteiger partial charge is 0.310 e. The van der Waals surface area contributed by atoms with Crippen LogP contribution in [0.3, 0.4) is 0 Å². The van der Waals surface area contributed by atoms with E-state index in [1.54, 1.807) is 0 Å². The van der Waals surface area contributed by atoms with Crippen molar-refractivity contribution in [3.05, 3.63) is 89.5 Å². The Morgan fingerprint density at radius 2 is 0.613 bits per heavy atom. The Hall–Kier alpha value is -2.54. The zero-order valence-corrected chi connectivity index (χ0v) is 20.9. The van der Waals surface area contributed by atoms with E-state index in [-0.39, 0.29) is 16.2 Å². The third-order valence-electron chi connectivity index (χ3n) is 5.86. The first-order valence-corrected chi connectivity index (χ1v) is 11.4. The van der Waals surface area contributed by atoms with Crippen LogP contribution in [-0.2, 0) is 16.2 Å². The van der Waals surface area contributed by atoms with Crippen LogP contribution in [0, 0.1) is 0 Å². The van der Waals surface area contributed by atoms with Crippen molar-refractivity contribution in [2.75, 3.05) is 4.90 Å². The fourth-order valence-electron chi connectivity index (χ4n) is 4.30. The fraction of sp³-hybridized carbons (Fsp3) is 0.400. The first-order chi connectivity index (χ1) is 14.3. The predicted molar refractivity (Wildman–Crippen MR) is 137 cm³/mol. The summed E-state index contributed by atoms with van der Waals surface area (Å²) < 4.78 is 0. The highest BCUT2D eigenvalue weighted by Gasteiger charge is 2.30. The molecule has 0 aliphatic rings. The minimum Gasteiger partial charge on any atom is -0.310 e. The lowest BCUT2D eigenvalue weighted by atomic mass is 9.82. The van der Waals surface area contributed by atoms with Gasteiger partial charge in [-0.25, -0.2) is 0 Å². The molecule has 0 bridgehead atoms. The Labute approximate surface area is 190 Å². The standard InChI is InChI=1S/C30H39N/c1-28(2,3)22-16-10-13-19-25(22)31(26-20-14-11-17-23(26)29(4,5)6)27-21-15-12-18-24(27)30(7,8)9/h10-21H,1-9H3. The number of nitrogens with zero attached hydrogens (tertiary/aromatic N) is 1. The molecular formula is C30H39N. The van der Waals surface area contributed by atoms with Crippen LogP contribution in [0.4, 0.5) is 17.1 Å². The predicted octanol–water partition coefficient (Wildman–Crippen LogP) is 9.05. The van der Waals surface area contributed by atoms with E-state index in [9.17, 15) is 0 Å². The summed E-state index contributed by atoms with van der Waals surface area (Å²) in [5.74, 6) is 0. The van der Waals surface area contributed by atoms with Crippen LogP contribution in [-0.4, -0.2) is 0 Å². The van der Waals surface area contributed by atoms with Gasteiger partial charge in [0, 0.05) is 17.1 Å². The van der Waals surface area contributed by atoms with Crippen molar-refractivity contribution in [1.29, 1.82) is 0 Å². The van der Waals surface area contributed by atoms with E-state index in [1.807, 2.05) is 0 Å². The van der Waals surface area contributed by atoms with E-state index < -0.39 is 0 Å². The van der Waals surface area contributed by atoms with Gasteiger partial charge in [-0.15, -0.1) is 0 Å². The molecule has 0 aromatic heterocycles. The normalized spacial score (nSPS) is 12.7. The van der Waals surface area contributed by atoms with Crippen LogP contribution in [0.15, 0.2) is 72.8 Å². The minimum absolute atomic E-state index is 0.0300. The lowest BCUT2D eigenvalue weighted by Gasteiger charge is -2.37. The molecule has 164 valence electrons. The molecule has 0 saturated heterocycles. The molecular weight excluding hydrogens is 374 g/mol. The maximum atomic E-state index is 2.50. The summed E-state index contributed by atoms with van der Waals surface area (Å²) in [7, 11) is 0. The second-order valence-electron chi connectivity index (χ2n) is 11.6. The van der Waals surface area contributed by atoms with Crippen molar-refractivity contribution < 1.29 is 0 Å². The van der Waals surface area contributed by atoms with Crippen LogP contribution in [0.25, 0.3) is 0 Å². The van der Waals surface area contributed by atoms with Gasteiger partial charge in [0.05, 0.1) is 0 Å². The third-order valence-corrected chi connectivity index (χ3v) is 5.86. The molecule has 0 N–H and O–H groups in total. The van der Waals surface area contributed by atoms with Gasteiger partial charge < -0.3 is 4.90 Å². The summed E-state index contributed by atoms with van der Waals surface area (Å²) in [4.78, 5) is 2.50. The topological polar surface area (TPSA) is 3.24 Å². The van der Waals surface area contributed by atoms with Gasteiger partial charge in [0.15, 0.2) is 0 Å². The molecule has 0 amide bonds. The highest BCUT2D eigenvalue weighted by Crippen LogP contribution is 2.47. The molecule has 1 heteroatoms. The average molecular weight is 414 g/mol. The molecule has 3 rings (SSSR count). The fourth-order valence-corrected chi connectivity index (χ4v) is 4.30. The van der Waals surface area contributed by atoms with Gasteiger partial charge in [0.2, 0.25) is 0 Å². The van der Waals surface area contributed by atoms with Crippen LogP contribution < -0.4 is 4.90 Å². The first-order valence-electron chi connectivity index (χ1n) is 11.4. The van der Waals surface area contributed by atoms with Gasteiger partial charge in [0.1, 0.15) is 0 Å². The van der Waals surface area contributed by atoms with Crippen LogP contribution in [0.1, 0.15) is 79.0 Å². The van der Waals surface area contributed by atoms with Crippen molar-refractivity contribution in [1.82, 2.24) is 0 Å². The van der Waals surface area contributed by atoms with E-state index in [1.165, 1.54) is 33.8 Å². The van der Waals surface area contributed by atoms with Crippen LogP contribution in [0.2, 0.25) is 0 Å². The summed E-state index contributed by atoms with van der Waals surface area (Å²) in [5.41, 5.74) is 7.90. The molecule has 1 nitrogen and oxygen atoms in total. The maximum absolute atomic E-state index is 2.50. The Morgan fingerprint density at radius 3 is 0.839 bits per heavy atom. The second-order valence-corrected chi connectivity index (χ2v) is 11.6. The monoisotopic (exact) mass is 413 g/mol. The summed E-state index contributed by atoms with van der Waals surface area (Å²) in [6.45, 7) is 20.7. The molecule has 3 aromatic carbocycles. The third kappa shape index (κ3) is 4.87. The van der Waals surface area contributed by atoms with Gasteiger partial charge in [-0.1, -0.05) is 117 Å². The van der Waals surface area contributed by atoms with E-state index in [4.69, 9.17) is 0 Å². The number of para-hydroxylation sites is 3. The molecule has 0 heterocycles. The number of anilines is 3. The maximum Gasteiger partial charge on any atom is 0.0499 e. The zero-order valence-electron chi connectivity index (χ0n) is 20.9. The molecule has 31 heavy (non-hydrogen) atoms. The van der Waals surface area contributed by atoms with E-state index in [0.29, 0.717) is 0 Å². The van der Waals surface area contributed by atoms with E-state index >= 15 is 0 Å². The second kappa shape index (κ2) is 8.19. The van der Waals surface area contributed by atoms with Gasteiger partial charge in [-0.05, 0) is 51.1 Å². The Balaban J connectivity index is 2.44. The Morgan fingerprint density at radius 1 is 0.387 bits per heavy atom. The molecule has 0 unspecified atom stereocenters. The molecule has 0 atom stereocenters. The highest BCUT2D eigenvalue weighted by atomic mass is 15.2. The van der Waals surface area contributed by atoms with Crippen molar-refractivity contribution in [3.8, 4) is 0 Å². The number of hydrogen-bond acceptors (Lipinski definition) is 1. The summed E-state index contributed by atoms with van der Waals surface area (Å²) >= 11 is 0. The van der Waals surface area contributed by atoms with Crippen molar-refractivity contribution in [2.24, 2.45) is 0 Å². The van der Waals surface area contributed by atoms with Crippen LogP contribution in [0.5, 0.6) is 0 Å². The molecule has 0 aliphatic carbocycles. The van der Waals surface area contributed by atoms with Crippen molar-refractivity contribution >= 4 is 17.1 Å². The van der Waals surface area contributed by atoms with E-state index in [2.05, 4.69) is 140 Å². The summed E-state index contributed by atoms with van der Waals surface area (Å²) in [5, 5.41) is 0. The van der Waals surface area contributed by atoms with Crippen molar-refractivity contribution in [2.45, 2.75) is 78.6 Å². The summed E-state index contributed by atoms with van der Waals surface area (Å²) in [6, 6.07) is 26.6. The highest BCUT2D eigenvalue weighted by molar-refractivity contribution is 5.83. The molecule has 0 fully saturated rings. The smallest absolute Gasteiger partial charge is 0.0499 e. The zero-order chi connectivity index (χ0) is 23.0. The van der Waals surface area contributed by atoms with Crippen molar-refractivity contribution in [3.63, 3.8) is 0 Å². The molecule has 0 aliphatic heterocycles. The molecule has 3 aromatic rings. The number of benzene rings is 3. The van der Waals surface area contributed by atoms with Gasteiger partial charge in [-0.3, -0.25) is 0 Å². The average Bonchev–Trinajstić information content (AvgIpc) is 2.67. The Bertz CT molecular complexity index is 902. The summed E-state index contributed by atoms with van der Waals surface area (Å²) in [6.07, 6.45) is 0. The molecule has 0 radical (unpaired) electrons. The first kappa shape index (κ1) is 23.1. The van der Waals surface area contributed by atoms with Gasteiger partial charge in [-0.2, -0.15) is 0 Å². The van der Waals surface area contributed by atoms with Gasteiger partial charge in [0.25, 0.3) is 0 Å². The SMILES string of the molecule is CC(C)(C)c1ccccc1N(c1ccccc1C(C)(C)C)c1ccccc1C(C)(C)C. The number of rotatable bonds is 3. The minimum atomic E-state index is 0.0300. The Kier molecular flexibility index (Phi) is 6.11. The van der Waals surface area contributed by atoms with Crippen LogP contribution >= 0.6 is 0 Å². The van der Waals surface area contributed by atoms with Gasteiger partial charge >= 0.3 is 0 Å². The molecule has 0 spiro atoms. The quantitative estimate of drug-likeness (QED) is 0.414. The lowest BCUT2D eigenvalue weighted by Crippen LogP contribution is -2.25. The number of hydrogen-bond donors (Lipinski definition) is 0. The lowest BCUT2D eigenvalue weighted by molar-refractivity contribution is 0.583.